The van der Waals surface area contributed by atoms with Gasteiger partial charge in [-0.05, 0) is 41.1 Å². The lowest BCUT2D eigenvalue weighted by atomic mass is 10.0. The molecule has 0 bridgehead atoms. The molecular formula is C21H19ClN2O4S. The number of rotatable bonds is 7. The third-order valence-electron chi connectivity index (χ3n) is 4.24. The number of hydrogen-bond acceptors (Lipinski definition) is 5. The van der Waals surface area contributed by atoms with Gasteiger partial charge in [-0.2, -0.15) is 0 Å². The zero-order chi connectivity index (χ0) is 21.0. The van der Waals surface area contributed by atoms with Gasteiger partial charge in [0.05, 0.1) is 20.5 Å². The van der Waals surface area contributed by atoms with Crippen LogP contribution in [0.3, 0.4) is 0 Å². The first-order valence-electron chi connectivity index (χ1n) is 8.89. The molecule has 0 fully saturated rings. The van der Waals surface area contributed by atoms with Crippen molar-refractivity contribution in [2.24, 2.45) is 0 Å². The van der Waals surface area contributed by atoms with E-state index in [1.807, 2.05) is 29.6 Å². The van der Waals surface area contributed by atoms with Crippen LogP contribution in [0.25, 0.3) is 0 Å². The fraction of sp³-hybridized carbons (Fsp3) is 0.190. The lowest BCUT2D eigenvalue weighted by Crippen LogP contribution is -2.10. The van der Waals surface area contributed by atoms with Crippen LogP contribution < -0.4 is 10.1 Å². The fourth-order valence-electron chi connectivity index (χ4n) is 2.59. The minimum absolute atomic E-state index is 0.145. The highest BCUT2D eigenvalue weighted by atomic mass is 35.5. The highest BCUT2D eigenvalue weighted by Gasteiger charge is 2.15. The number of thiophene rings is 1. The van der Waals surface area contributed by atoms with Gasteiger partial charge in [0.1, 0.15) is 12.4 Å². The molecule has 1 heterocycles. The van der Waals surface area contributed by atoms with E-state index in [0.29, 0.717) is 17.4 Å². The Kier molecular flexibility index (Phi) is 6.51. The molecule has 0 saturated carbocycles. The van der Waals surface area contributed by atoms with E-state index in [9.17, 15) is 14.9 Å². The van der Waals surface area contributed by atoms with Crippen molar-refractivity contribution in [1.82, 2.24) is 0 Å². The van der Waals surface area contributed by atoms with E-state index in [0.717, 1.165) is 11.3 Å². The third-order valence-corrected chi connectivity index (χ3v) is 5.55. The first-order valence-corrected chi connectivity index (χ1v) is 10.1. The molecule has 3 aromatic rings. The van der Waals surface area contributed by atoms with Gasteiger partial charge in [-0.15, -0.1) is 11.3 Å². The maximum Gasteiger partial charge on any atom is 0.271 e. The summed E-state index contributed by atoms with van der Waals surface area (Å²) in [5.74, 6) is 0.835. The van der Waals surface area contributed by atoms with Crippen molar-refractivity contribution in [2.75, 3.05) is 5.32 Å². The molecule has 3 rings (SSSR count). The molecule has 1 amide bonds. The van der Waals surface area contributed by atoms with E-state index in [1.165, 1.54) is 35.1 Å². The number of hydrogen-bond donors (Lipinski definition) is 1. The second-order valence-corrected chi connectivity index (χ2v) is 8.03. The van der Waals surface area contributed by atoms with Crippen molar-refractivity contribution in [3.63, 3.8) is 0 Å². The molecule has 0 radical (unpaired) electrons. The zero-order valence-corrected chi connectivity index (χ0v) is 17.4. The average Bonchev–Trinajstić information content (AvgIpc) is 3.17. The van der Waals surface area contributed by atoms with Gasteiger partial charge in [0.25, 0.3) is 11.6 Å². The zero-order valence-electron chi connectivity index (χ0n) is 15.8. The van der Waals surface area contributed by atoms with Crippen molar-refractivity contribution in [3.05, 3.63) is 85.1 Å². The van der Waals surface area contributed by atoms with Crippen LogP contribution in [0.15, 0.2) is 53.9 Å². The van der Waals surface area contributed by atoms with Gasteiger partial charge in [-0.3, -0.25) is 14.9 Å². The van der Waals surface area contributed by atoms with Crippen molar-refractivity contribution in [2.45, 2.75) is 26.4 Å². The molecule has 0 aliphatic rings. The minimum Gasteiger partial charge on any atom is -0.489 e. The molecule has 8 heteroatoms. The van der Waals surface area contributed by atoms with E-state index in [2.05, 4.69) is 19.2 Å². The molecule has 0 atom stereocenters. The van der Waals surface area contributed by atoms with Crippen LogP contribution in [0.5, 0.6) is 5.75 Å². The molecule has 0 aliphatic heterocycles. The van der Waals surface area contributed by atoms with E-state index < -0.39 is 4.92 Å². The van der Waals surface area contributed by atoms with Gasteiger partial charge in [0.15, 0.2) is 0 Å². The first kappa shape index (κ1) is 20.8. The fourth-order valence-corrected chi connectivity index (χ4v) is 3.55. The van der Waals surface area contributed by atoms with Crippen LogP contribution in [0.2, 0.25) is 5.02 Å². The predicted octanol–water partition coefficient (Wildman–Crippen LogP) is 6.26. The minimum atomic E-state index is -0.541. The number of nitro groups is 1. The molecular weight excluding hydrogens is 412 g/mol. The second kappa shape index (κ2) is 9.07. The Morgan fingerprint density at radius 3 is 2.59 bits per heavy atom. The quantitative estimate of drug-likeness (QED) is 0.354. The second-order valence-electron chi connectivity index (χ2n) is 6.71. The third kappa shape index (κ3) is 5.34. The van der Waals surface area contributed by atoms with Gasteiger partial charge >= 0.3 is 0 Å². The molecule has 2 aromatic carbocycles. The summed E-state index contributed by atoms with van der Waals surface area (Å²) in [6.45, 7) is 4.60. The number of ether oxygens (including phenoxy) is 1. The number of carbonyl (C=O) groups is 1. The molecule has 150 valence electrons. The predicted molar refractivity (Wildman–Crippen MR) is 115 cm³/mol. The molecule has 1 aromatic heterocycles. The summed E-state index contributed by atoms with van der Waals surface area (Å²) in [7, 11) is 0. The number of amides is 1. The van der Waals surface area contributed by atoms with Gasteiger partial charge in [0, 0.05) is 17.7 Å². The Morgan fingerprint density at radius 2 is 1.93 bits per heavy atom. The Hall–Kier alpha value is -2.90. The van der Waals surface area contributed by atoms with Crippen LogP contribution >= 0.6 is 22.9 Å². The van der Waals surface area contributed by atoms with Crippen molar-refractivity contribution >= 4 is 40.2 Å². The van der Waals surface area contributed by atoms with Crippen LogP contribution in [-0.4, -0.2) is 10.8 Å². The monoisotopic (exact) mass is 430 g/mol. The van der Waals surface area contributed by atoms with Gasteiger partial charge in [-0.1, -0.05) is 37.6 Å². The first-order chi connectivity index (χ1) is 13.8. The molecule has 1 N–H and O–H groups in total. The SMILES string of the molecule is CC(C)c1ccc(OCc2csc(C(=O)Nc3cc([N+](=O)[O-])ccc3Cl)c2)cc1. The maximum absolute atomic E-state index is 12.5. The highest BCUT2D eigenvalue weighted by molar-refractivity contribution is 7.12. The Labute approximate surface area is 177 Å². The Bertz CT molecular complexity index is 1030. The van der Waals surface area contributed by atoms with E-state index in [1.54, 1.807) is 6.07 Å². The maximum atomic E-state index is 12.5. The van der Waals surface area contributed by atoms with Crippen molar-refractivity contribution in [1.29, 1.82) is 0 Å². The van der Waals surface area contributed by atoms with E-state index >= 15 is 0 Å². The van der Waals surface area contributed by atoms with Gasteiger partial charge in [-0.25, -0.2) is 0 Å². The summed E-state index contributed by atoms with van der Waals surface area (Å²) in [5.41, 5.74) is 2.15. The van der Waals surface area contributed by atoms with Crippen LogP contribution in [0.4, 0.5) is 11.4 Å². The number of nitrogens with zero attached hydrogens (tertiary/aromatic N) is 1. The molecule has 6 nitrogen and oxygen atoms in total. The molecule has 0 saturated heterocycles. The summed E-state index contributed by atoms with van der Waals surface area (Å²) in [4.78, 5) is 23.3. The van der Waals surface area contributed by atoms with Crippen LogP contribution in [-0.2, 0) is 6.61 Å². The van der Waals surface area contributed by atoms with Crippen LogP contribution in [0, 0.1) is 10.1 Å². The lowest BCUT2D eigenvalue weighted by Gasteiger charge is -2.08. The molecule has 0 unspecified atom stereocenters. The van der Waals surface area contributed by atoms with Gasteiger partial charge < -0.3 is 10.1 Å². The van der Waals surface area contributed by atoms with Crippen LogP contribution in [0.1, 0.15) is 40.6 Å². The number of carbonyl (C=O) groups excluding carboxylic acids is 1. The largest absolute Gasteiger partial charge is 0.489 e. The van der Waals surface area contributed by atoms with Crippen molar-refractivity contribution < 1.29 is 14.5 Å². The van der Waals surface area contributed by atoms with Gasteiger partial charge in [0.2, 0.25) is 0 Å². The Morgan fingerprint density at radius 1 is 1.21 bits per heavy atom. The summed E-state index contributed by atoms with van der Waals surface area (Å²) < 4.78 is 5.78. The number of anilines is 1. The summed E-state index contributed by atoms with van der Waals surface area (Å²) >= 11 is 7.30. The van der Waals surface area contributed by atoms with E-state index in [4.69, 9.17) is 16.3 Å². The molecule has 0 aliphatic carbocycles. The number of benzene rings is 2. The number of nitrogens with one attached hydrogen (secondary N) is 1. The summed E-state index contributed by atoms with van der Waals surface area (Å²) in [6, 6.07) is 13.6. The topological polar surface area (TPSA) is 81.5 Å². The Balaban J connectivity index is 1.63. The number of halogens is 1. The smallest absolute Gasteiger partial charge is 0.271 e. The molecule has 29 heavy (non-hydrogen) atoms. The van der Waals surface area contributed by atoms with E-state index in [-0.39, 0.29) is 22.3 Å². The summed E-state index contributed by atoms with van der Waals surface area (Å²) in [6.07, 6.45) is 0. The molecule has 0 spiro atoms. The normalized spacial score (nSPS) is 10.8. The lowest BCUT2D eigenvalue weighted by molar-refractivity contribution is -0.384. The van der Waals surface area contributed by atoms with Crippen molar-refractivity contribution in [3.8, 4) is 5.75 Å². The average molecular weight is 431 g/mol. The standard InChI is InChI=1S/C21H19ClN2O4S/c1-13(2)15-3-6-17(7-4-15)28-11-14-9-20(29-12-14)21(25)23-19-10-16(24(26)27)5-8-18(19)22/h3-10,12-13H,11H2,1-2H3,(H,23,25). The number of non-ortho nitro benzene ring substituents is 1. The number of nitro benzene ring substituents is 1. The highest BCUT2D eigenvalue weighted by Crippen LogP contribution is 2.28. The summed E-state index contributed by atoms with van der Waals surface area (Å²) in [5, 5.41) is 15.6.